The number of nitrogens with zero attached hydrogens (tertiary/aromatic N) is 3. The normalized spacial score (nSPS) is 46.8. The largest absolute Gasteiger partial charge is 0.497 e. The number of carbonyl (C=O) groups excluding carboxylic acids is 1. The summed E-state index contributed by atoms with van der Waals surface area (Å²) < 4.78 is 7.05. The van der Waals surface area contributed by atoms with Gasteiger partial charge in [-0.3, -0.25) is 4.79 Å². The van der Waals surface area contributed by atoms with E-state index in [1.165, 1.54) is 44.9 Å². The van der Waals surface area contributed by atoms with Crippen LogP contribution in [0.4, 0.5) is 0 Å². The van der Waals surface area contributed by atoms with E-state index in [-0.39, 0.29) is 17.2 Å². The van der Waals surface area contributed by atoms with E-state index in [9.17, 15) is 4.79 Å². The second kappa shape index (κ2) is 7.30. The SMILES string of the molecule is COc1ccc2nnn(C(=O)[C@H]3C4[C@H](C5[C@@H]6CC[C@@H]7C[C@@H](C)CC[C@@H]7C6CC[C@@]53C)[C@@H]4C)c2c1. The predicted molar refractivity (Wildman–Crippen MR) is 131 cm³/mol. The van der Waals surface area contributed by atoms with Crippen molar-refractivity contribution >= 4 is 16.9 Å². The lowest BCUT2D eigenvalue weighted by Crippen LogP contribution is -2.51. The summed E-state index contributed by atoms with van der Waals surface area (Å²) in [5.74, 6) is 8.21. The van der Waals surface area contributed by atoms with E-state index in [2.05, 4.69) is 31.1 Å². The number of hydrogen-bond donors (Lipinski definition) is 0. The van der Waals surface area contributed by atoms with Gasteiger partial charge in [0.25, 0.3) is 5.91 Å². The first kappa shape index (κ1) is 21.4. The summed E-state index contributed by atoms with van der Waals surface area (Å²) in [6, 6.07) is 5.71. The van der Waals surface area contributed by atoms with Crippen LogP contribution in [0.1, 0.15) is 70.5 Å². The zero-order valence-electron chi connectivity index (χ0n) is 21.1. The van der Waals surface area contributed by atoms with Gasteiger partial charge in [0, 0.05) is 12.0 Å². The average molecular weight is 462 g/mol. The highest BCUT2D eigenvalue weighted by atomic mass is 16.5. The van der Waals surface area contributed by atoms with Gasteiger partial charge < -0.3 is 4.74 Å². The third kappa shape index (κ3) is 2.76. The van der Waals surface area contributed by atoms with Crippen LogP contribution < -0.4 is 4.74 Å². The van der Waals surface area contributed by atoms with E-state index in [4.69, 9.17) is 4.74 Å². The Hall–Kier alpha value is -1.91. The molecule has 0 bridgehead atoms. The van der Waals surface area contributed by atoms with Crippen molar-refractivity contribution in [3.63, 3.8) is 0 Å². The minimum absolute atomic E-state index is 0.0682. The topological polar surface area (TPSA) is 57.0 Å². The van der Waals surface area contributed by atoms with Crippen LogP contribution in [0, 0.1) is 64.6 Å². The number of fused-ring (bicyclic) bond motifs is 8. The van der Waals surface area contributed by atoms with Gasteiger partial charge in [-0.1, -0.05) is 32.4 Å². The minimum Gasteiger partial charge on any atom is -0.497 e. The Kier molecular flexibility index (Phi) is 4.59. The molecule has 11 atom stereocenters. The summed E-state index contributed by atoms with van der Waals surface area (Å²) in [7, 11) is 1.66. The smallest absolute Gasteiger partial charge is 0.252 e. The number of ether oxygens (including phenoxy) is 1. The summed E-state index contributed by atoms with van der Waals surface area (Å²) in [6.07, 6.45) is 9.72. The maximum atomic E-state index is 14.2. The Morgan fingerprint density at radius 3 is 2.71 bits per heavy atom. The highest BCUT2D eigenvalue weighted by Gasteiger charge is 2.74. The molecule has 0 radical (unpaired) electrons. The lowest BCUT2D eigenvalue weighted by molar-refractivity contribution is -0.0793. The fraction of sp³-hybridized carbons (Fsp3) is 0.759. The number of aromatic nitrogens is 3. The first-order valence-corrected chi connectivity index (χ1v) is 13.9. The summed E-state index contributed by atoms with van der Waals surface area (Å²) in [5, 5.41) is 8.69. The molecule has 1 heterocycles. The van der Waals surface area contributed by atoms with Crippen molar-refractivity contribution in [2.75, 3.05) is 7.11 Å². The molecule has 5 heteroatoms. The van der Waals surface area contributed by atoms with Gasteiger partial charge in [0.1, 0.15) is 16.8 Å². The monoisotopic (exact) mass is 461 g/mol. The predicted octanol–water partition coefficient (Wildman–Crippen LogP) is 6.09. The quantitative estimate of drug-likeness (QED) is 0.543. The third-order valence-corrected chi connectivity index (χ3v) is 11.7. The Labute approximate surface area is 203 Å². The van der Waals surface area contributed by atoms with E-state index in [1.807, 2.05) is 18.2 Å². The molecule has 5 aliphatic carbocycles. The molecule has 7 rings (SSSR count). The summed E-state index contributed by atoms with van der Waals surface area (Å²) in [5.41, 5.74) is 1.65. The zero-order chi connectivity index (χ0) is 23.4. The van der Waals surface area contributed by atoms with Gasteiger partial charge in [-0.05, 0) is 109 Å². The van der Waals surface area contributed by atoms with Gasteiger partial charge in [0.2, 0.25) is 0 Å². The number of hydrogen-bond acceptors (Lipinski definition) is 4. The van der Waals surface area contributed by atoms with Gasteiger partial charge >= 0.3 is 0 Å². The molecule has 0 saturated heterocycles. The lowest BCUT2D eigenvalue weighted by atomic mass is 9.48. The van der Waals surface area contributed by atoms with Gasteiger partial charge in [-0.15, -0.1) is 5.10 Å². The standard InChI is InChI=1S/C29H39N3O2/c1-15-5-8-19-17(13-15)6-9-21-20(19)11-12-29(3)26(21)24-16(2)25(24)27(29)28(33)32-23-14-18(34-4)7-10-22(23)30-31-32/h7,10,14-17,19-21,24-27H,5-6,8-9,11-13H2,1-4H3/t15-,16-,17+,19-,20?,21+,24+,25?,26?,27+,29-/m0/s1. The van der Waals surface area contributed by atoms with E-state index in [0.29, 0.717) is 17.8 Å². The van der Waals surface area contributed by atoms with Gasteiger partial charge in [0.15, 0.2) is 0 Å². The van der Waals surface area contributed by atoms with Crippen LogP contribution in [0.5, 0.6) is 5.75 Å². The molecule has 3 unspecified atom stereocenters. The van der Waals surface area contributed by atoms with Crippen molar-refractivity contribution < 1.29 is 9.53 Å². The molecule has 5 nitrogen and oxygen atoms in total. The van der Waals surface area contributed by atoms with Crippen LogP contribution in [0.15, 0.2) is 18.2 Å². The average Bonchev–Trinajstić information content (AvgIpc) is 3.18. The summed E-state index contributed by atoms with van der Waals surface area (Å²) in [4.78, 5) is 14.2. The fourth-order valence-electron chi connectivity index (χ4n) is 10.3. The molecule has 182 valence electrons. The molecule has 1 aromatic heterocycles. The van der Waals surface area contributed by atoms with Crippen molar-refractivity contribution in [1.29, 1.82) is 0 Å². The van der Waals surface area contributed by atoms with Crippen LogP contribution in [0.2, 0.25) is 0 Å². The molecular weight excluding hydrogens is 422 g/mol. The van der Waals surface area contributed by atoms with Gasteiger partial charge in [-0.25, -0.2) is 0 Å². The first-order chi connectivity index (χ1) is 16.4. The van der Waals surface area contributed by atoms with Crippen LogP contribution in [-0.4, -0.2) is 28.0 Å². The molecule has 0 aliphatic heterocycles. The molecule has 0 spiro atoms. The molecular formula is C29H39N3O2. The maximum Gasteiger partial charge on any atom is 0.252 e. The molecule has 0 N–H and O–H groups in total. The second-order valence-corrected chi connectivity index (χ2v) is 13.0. The van der Waals surface area contributed by atoms with Crippen LogP contribution in [-0.2, 0) is 0 Å². The molecule has 1 aromatic carbocycles. The Balaban J connectivity index is 1.23. The van der Waals surface area contributed by atoms with E-state index in [0.717, 1.165) is 52.3 Å². The molecule has 34 heavy (non-hydrogen) atoms. The van der Waals surface area contributed by atoms with Crippen LogP contribution in [0.25, 0.3) is 11.0 Å². The molecule has 5 fully saturated rings. The van der Waals surface area contributed by atoms with E-state index < -0.39 is 0 Å². The zero-order valence-corrected chi connectivity index (χ0v) is 21.1. The molecule has 5 aliphatic rings. The maximum absolute atomic E-state index is 14.2. The molecule has 0 amide bonds. The molecule has 5 saturated carbocycles. The Morgan fingerprint density at radius 2 is 1.88 bits per heavy atom. The first-order valence-electron chi connectivity index (χ1n) is 13.9. The summed E-state index contributed by atoms with van der Waals surface area (Å²) in [6.45, 7) is 7.35. The third-order valence-electron chi connectivity index (χ3n) is 11.7. The van der Waals surface area contributed by atoms with Crippen molar-refractivity contribution in [2.24, 2.45) is 64.6 Å². The van der Waals surface area contributed by atoms with E-state index in [1.54, 1.807) is 11.8 Å². The number of carbonyl (C=O) groups is 1. The minimum atomic E-state index is 0.0682. The molecule has 2 aromatic rings. The van der Waals surface area contributed by atoms with Crippen molar-refractivity contribution in [3.8, 4) is 5.75 Å². The second-order valence-electron chi connectivity index (χ2n) is 13.0. The van der Waals surface area contributed by atoms with Gasteiger partial charge in [0.05, 0.1) is 7.11 Å². The highest BCUT2D eigenvalue weighted by molar-refractivity contribution is 5.92. The highest BCUT2D eigenvalue weighted by Crippen LogP contribution is 2.77. The van der Waals surface area contributed by atoms with Crippen molar-refractivity contribution in [2.45, 2.75) is 65.7 Å². The van der Waals surface area contributed by atoms with Crippen LogP contribution in [0.3, 0.4) is 0 Å². The van der Waals surface area contributed by atoms with Gasteiger partial charge in [-0.2, -0.15) is 4.68 Å². The summed E-state index contributed by atoms with van der Waals surface area (Å²) >= 11 is 0. The number of methoxy groups -OCH3 is 1. The van der Waals surface area contributed by atoms with Crippen molar-refractivity contribution in [3.05, 3.63) is 18.2 Å². The fourth-order valence-corrected chi connectivity index (χ4v) is 10.3. The Morgan fingerprint density at radius 1 is 1.06 bits per heavy atom. The van der Waals surface area contributed by atoms with Crippen molar-refractivity contribution in [1.82, 2.24) is 15.0 Å². The number of benzene rings is 1. The number of rotatable bonds is 2. The van der Waals surface area contributed by atoms with Crippen LogP contribution >= 0.6 is 0 Å². The lowest BCUT2D eigenvalue weighted by Gasteiger charge is -2.57. The Bertz CT molecular complexity index is 1140. The van der Waals surface area contributed by atoms with E-state index >= 15 is 0 Å².